The lowest BCUT2D eigenvalue weighted by atomic mass is 10.1. The number of likely N-dealkylation sites (N-methyl/N-ethyl adjacent to an activating group) is 1. The van der Waals surface area contributed by atoms with Crippen LogP contribution in [0.2, 0.25) is 0 Å². The number of rotatable bonds is 4. The van der Waals surface area contributed by atoms with Crippen molar-refractivity contribution in [2.45, 2.75) is 31.6 Å². The summed E-state index contributed by atoms with van der Waals surface area (Å²) in [6, 6.07) is 6.01. The maximum atomic E-state index is 12.6. The van der Waals surface area contributed by atoms with Crippen LogP contribution in [-0.4, -0.2) is 31.1 Å². The van der Waals surface area contributed by atoms with Crippen LogP contribution in [0.5, 0.6) is 0 Å². The number of halogens is 3. The Bertz CT molecular complexity index is 417. The molecule has 2 rings (SSSR count). The lowest BCUT2D eigenvalue weighted by molar-refractivity contribution is -0.137. The molecule has 106 valence electrons. The Balaban J connectivity index is 1.86. The van der Waals surface area contributed by atoms with Crippen LogP contribution in [0.4, 0.5) is 13.2 Å². The molecule has 1 unspecified atom stereocenters. The molecule has 1 heterocycles. The van der Waals surface area contributed by atoms with E-state index in [4.69, 9.17) is 0 Å². The first kappa shape index (κ1) is 14.3. The largest absolute Gasteiger partial charge is 0.416 e. The van der Waals surface area contributed by atoms with Gasteiger partial charge in [-0.3, -0.25) is 0 Å². The molecule has 0 aromatic heterocycles. The van der Waals surface area contributed by atoms with Crippen LogP contribution in [-0.2, 0) is 12.7 Å². The molecule has 0 bridgehead atoms. The van der Waals surface area contributed by atoms with Crippen LogP contribution in [0.1, 0.15) is 24.0 Å². The Morgan fingerprint density at radius 2 is 2.16 bits per heavy atom. The van der Waals surface area contributed by atoms with Crippen molar-refractivity contribution in [1.82, 2.24) is 10.2 Å². The lowest BCUT2D eigenvalue weighted by Crippen LogP contribution is -2.35. The van der Waals surface area contributed by atoms with E-state index in [0.717, 1.165) is 25.6 Å². The molecule has 2 nitrogen and oxygen atoms in total. The van der Waals surface area contributed by atoms with Gasteiger partial charge in [0.05, 0.1) is 5.56 Å². The van der Waals surface area contributed by atoms with Crippen molar-refractivity contribution < 1.29 is 13.2 Å². The highest BCUT2D eigenvalue weighted by Crippen LogP contribution is 2.29. The van der Waals surface area contributed by atoms with Gasteiger partial charge in [-0.15, -0.1) is 0 Å². The molecular weight excluding hydrogens is 253 g/mol. The lowest BCUT2D eigenvalue weighted by Gasteiger charge is -2.19. The minimum absolute atomic E-state index is 0.480. The zero-order valence-electron chi connectivity index (χ0n) is 11.0. The molecule has 19 heavy (non-hydrogen) atoms. The van der Waals surface area contributed by atoms with Crippen LogP contribution in [0.15, 0.2) is 24.3 Å². The minimum Gasteiger partial charge on any atom is -0.311 e. The van der Waals surface area contributed by atoms with E-state index >= 15 is 0 Å². The van der Waals surface area contributed by atoms with Crippen LogP contribution in [0, 0.1) is 0 Å². The standard InChI is InChI=1S/C14H19F3N2/c1-19-7-3-6-13(19)10-18-9-11-4-2-5-12(8-11)14(15,16)17/h2,4-5,8,13,18H,3,6-7,9-10H2,1H3. The first-order chi connectivity index (χ1) is 8.97. The van der Waals surface area contributed by atoms with E-state index in [1.54, 1.807) is 6.07 Å². The second kappa shape index (κ2) is 5.92. The summed E-state index contributed by atoms with van der Waals surface area (Å²) in [5.41, 5.74) is 0.0975. The summed E-state index contributed by atoms with van der Waals surface area (Å²) >= 11 is 0. The highest BCUT2D eigenvalue weighted by molar-refractivity contribution is 5.25. The van der Waals surface area contributed by atoms with Crippen molar-refractivity contribution in [3.05, 3.63) is 35.4 Å². The molecule has 1 aromatic carbocycles. The zero-order valence-corrected chi connectivity index (χ0v) is 11.0. The zero-order chi connectivity index (χ0) is 13.9. The second-order valence-electron chi connectivity index (χ2n) is 5.11. The van der Waals surface area contributed by atoms with E-state index in [1.807, 2.05) is 0 Å². The van der Waals surface area contributed by atoms with Gasteiger partial charge in [0.2, 0.25) is 0 Å². The molecule has 0 amide bonds. The van der Waals surface area contributed by atoms with Gasteiger partial charge in [-0.1, -0.05) is 18.2 Å². The number of nitrogens with one attached hydrogen (secondary N) is 1. The highest BCUT2D eigenvalue weighted by Gasteiger charge is 2.30. The number of likely N-dealkylation sites (tertiary alicyclic amines) is 1. The third kappa shape index (κ3) is 3.94. The third-order valence-corrected chi connectivity index (χ3v) is 3.63. The Labute approximate surface area is 111 Å². The van der Waals surface area contributed by atoms with Crippen LogP contribution >= 0.6 is 0 Å². The van der Waals surface area contributed by atoms with E-state index < -0.39 is 11.7 Å². The predicted octanol–water partition coefficient (Wildman–Crippen LogP) is 2.89. The van der Waals surface area contributed by atoms with Crippen molar-refractivity contribution in [3.8, 4) is 0 Å². The fraction of sp³-hybridized carbons (Fsp3) is 0.571. The predicted molar refractivity (Wildman–Crippen MR) is 68.8 cm³/mol. The van der Waals surface area contributed by atoms with Crippen LogP contribution in [0.25, 0.3) is 0 Å². The van der Waals surface area contributed by atoms with Gasteiger partial charge in [0, 0.05) is 19.1 Å². The van der Waals surface area contributed by atoms with Gasteiger partial charge < -0.3 is 10.2 Å². The van der Waals surface area contributed by atoms with Gasteiger partial charge in [-0.05, 0) is 38.1 Å². The first-order valence-electron chi connectivity index (χ1n) is 6.54. The van der Waals surface area contributed by atoms with Gasteiger partial charge in [-0.25, -0.2) is 0 Å². The molecule has 1 atom stereocenters. The Hall–Kier alpha value is -1.07. The molecule has 1 aliphatic heterocycles. The van der Waals surface area contributed by atoms with E-state index in [0.29, 0.717) is 18.2 Å². The van der Waals surface area contributed by atoms with Gasteiger partial charge in [0.1, 0.15) is 0 Å². The van der Waals surface area contributed by atoms with Crippen molar-refractivity contribution in [1.29, 1.82) is 0 Å². The molecular formula is C14H19F3N2. The molecule has 1 aliphatic rings. The fourth-order valence-electron chi connectivity index (χ4n) is 2.48. The smallest absolute Gasteiger partial charge is 0.311 e. The number of nitrogens with zero attached hydrogens (tertiary/aromatic N) is 1. The van der Waals surface area contributed by atoms with Gasteiger partial charge in [0.15, 0.2) is 0 Å². The molecule has 1 N–H and O–H groups in total. The maximum absolute atomic E-state index is 12.6. The van der Waals surface area contributed by atoms with E-state index in [-0.39, 0.29) is 0 Å². The van der Waals surface area contributed by atoms with Gasteiger partial charge in [0.25, 0.3) is 0 Å². The average molecular weight is 272 g/mol. The van der Waals surface area contributed by atoms with Crippen molar-refractivity contribution in [2.24, 2.45) is 0 Å². The summed E-state index contributed by atoms with van der Waals surface area (Å²) in [6.07, 6.45) is -1.90. The molecule has 0 saturated carbocycles. The topological polar surface area (TPSA) is 15.3 Å². The van der Waals surface area contributed by atoms with E-state index in [1.165, 1.54) is 18.6 Å². The molecule has 0 aliphatic carbocycles. The number of benzene rings is 1. The Morgan fingerprint density at radius 3 is 2.79 bits per heavy atom. The number of hydrogen-bond donors (Lipinski definition) is 1. The third-order valence-electron chi connectivity index (χ3n) is 3.63. The van der Waals surface area contributed by atoms with Gasteiger partial charge >= 0.3 is 6.18 Å². The van der Waals surface area contributed by atoms with Crippen molar-refractivity contribution in [2.75, 3.05) is 20.1 Å². The summed E-state index contributed by atoms with van der Waals surface area (Å²) in [6.45, 7) is 2.41. The maximum Gasteiger partial charge on any atom is 0.416 e. The van der Waals surface area contributed by atoms with E-state index in [9.17, 15) is 13.2 Å². The Kier molecular flexibility index (Phi) is 4.47. The monoisotopic (exact) mass is 272 g/mol. The normalized spacial score (nSPS) is 20.9. The quantitative estimate of drug-likeness (QED) is 0.906. The SMILES string of the molecule is CN1CCCC1CNCc1cccc(C(F)(F)F)c1. The number of alkyl halides is 3. The van der Waals surface area contributed by atoms with Crippen molar-refractivity contribution in [3.63, 3.8) is 0 Å². The summed E-state index contributed by atoms with van der Waals surface area (Å²) in [4.78, 5) is 2.29. The molecule has 1 fully saturated rings. The molecule has 1 aromatic rings. The second-order valence-corrected chi connectivity index (χ2v) is 5.11. The first-order valence-corrected chi connectivity index (χ1v) is 6.54. The number of hydrogen-bond acceptors (Lipinski definition) is 2. The van der Waals surface area contributed by atoms with Crippen LogP contribution in [0.3, 0.4) is 0 Å². The Morgan fingerprint density at radius 1 is 1.37 bits per heavy atom. The summed E-state index contributed by atoms with van der Waals surface area (Å²) < 4.78 is 37.7. The van der Waals surface area contributed by atoms with Crippen LogP contribution < -0.4 is 5.32 Å². The summed E-state index contributed by atoms with van der Waals surface area (Å²) in [5, 5.41) is 3.24. The minimum atomic E-state index is -4.26. The van der Waals surface area contributed by atoms with E-state index in [2.05, 4.69) is 17.3 Å². The summed E-state index contributed by atoms with van der Waals surface area (Å²) in [7, 11) is 2.09. The average Bonchev–Trinajstić information content (AvgIpc) is 2.75. The van der Waals surface area contributed by atoms with Crippen molar-refractivity contribution >= 4 is 0 Å². The molecule has 0 spiro atoms. The summed E-state index contributed by atoms with van der Waals surface area (Å²) in [5.74, 6) is 0. The van der Waals surface area contributed by atoms with Gasteiger partial charge in [-0.2, -0.15) is 13.2 Å². The molecule has 5 heteroatoms. The molecule has 0 radical (unpaired) electrons. The highest BCUT2D eigenvalue weighted by atomic mass is 19.4. The molecule has 1 saturated heterocycles. The fourth-order valence-corrected chi connectivity index (χ4v) is 2.48.